The van der Waals surface area contributed by atoms with Gasteiger partial charge >= 0.3 is 11.9 Å². The number of carbonyl (C=O) groups is 2. The zero-order chi connectivity index (χ0) is 53.2. The normalized spacial score (nSPS) is 25.6. The monoisotopic (exact) mass is 1030 g/mol. The molecule has 2 heterocycles. The molecule has 0 amide bonds. The number of hydrogen-bond acceptors (Lipinski definition) is 15. The standard InChI is InChI=1S/C58H94O15/c1-3-5-7-9-11-13-15-17-19-21-23-25-27-29-31-33-35-37-39-41-50(61)71-46(43-68-49(60)40-38-36-34-32-30-28-26-24-22-20-18-16-14-12-10-8-6-4-2)44-69-57-56(67)54(65)52(63)48(73-57)45-70-58-55(66)53(64)51(62)47(42-59)72-58/h5,7,11,13-14,16-17,19-20,22-23,25,29,31,35,37,46-48,51-59,62-67H,3-4,6,8-10,12,15,18,21,24,26-28,30,32-34,36,38-45H2,1-2H3/b7-5-,13-11-,16-14-,19-17-,22-20-,25-23-,31-29-,37-35-. The van der Waals surface area contributed by atoms with Gasteiger partial charge in [-0.25, -0.2) is 0 Å². The van der Waals surface area contributed by atoms with E-state index in [9.17, 15) is 45.3 Å². The van der Waals surface area contributed by atoms with Gasteiger partial charge in [-0.1, -0.05) is 162 Å². The van der Waals surface area contributed by atoms with Crippen molar-refractivity contribution >= 4 is 11.9 Å². The first-order valence-corrected chi connectivity index (χ1v) is 27.3. The Hall–Kier alpha value is -3.58. The maximum absolute atomic E-state index is 13.0. The van der Waals surface area contributed by atoms with Gasteiger partial charge in [0, 0.05) is 12.8 Å². The Kier molecular flexibility index (Phi) is 39.2. The second-order valence-corrected chi connectivity index (χ2v) is 18.7. The zero-order valence-electron chi connectivity index (χ0n) is 44.1. The first-order chi connectivity index (χ1) is 35.5. The maximum atomic E-state index is 13.0. The molecule has 15 heteroatoms. The average Bonchev–Trinajstić information content (AvgIpc) is 3.38. The van der Waals surface area contributed by atoms with Crippen LogP contribution in [-0.4, -0.2) is 142 Å². The first kappa shape index (κ1) is 65.5. The predicted octanol–water partition coefficient (Wildman–Crippen LogP) is 8.54. The molecule has 416 valence electrons. The first-order valence-electron chi connectivity index (χ1n) is 27.3. The molecule has 0 aromatic heterocycles. The van der Waals surface area contributed by atoms with Crippen LogP contribution in [0.1, 0.15) is 162 Å². The lowest BCUT2D eigenvalue weighted by Crippen LogP contribution is -2.61. The zero-order valence-corrected chi connectivity index (χ0v) is 44.1. The highest BCUT2D eigenvalue weighted by Gasteiger charge is 2.47. The van der Waals surface area contributed by atoms with E-state index in [1.165, 1.54) is 38.5 Å². The quantitative estimate of drug-likeness (QED) is 0.0173. The Morgan fingerprint density at radius 2 is 0.890 bits per heavy atom. The molecular weight excluding hydrogens is 937 g/mol. The highest BCUT2D eigenvalue weighted by Crippen LogP contribution is 2.26. The van der Waals surface area contributed by atoms with Crippen LogP contribution in [0.2, 0.25) is 0 Å². The molecule has 15 nitrogen and oxygen atoms in total. The maximum Gasteiger partial charge on any atom is 0.306 e. The molecule has 73 heavy (non-hydrogen) atoms. The number of carbonyl (C=O) groups excluding carboxylic acids is 2. The highest BCUT2D eigenvalue weighted by atomic mass is 16.7. The molecule has 0 spiro atoms. The molecule has 2 saturated heterocycles. The number of ether oxygens (including phenoxy) is 6. The fourth-order valence-corrected chi connectivity index (χ4v) is 7.86. The van der Waals surface area contributed by atoms with Crippen LogP contribution in [0.25, 0.3) is 0 Å². The molecular formula is C58H94O15. The molecule has 0 bridgehead atoms. The van der Waals surface area contributed by atoms with Crippen LogP contribution in [0, 0.1) is 0 Å². The SMILES string of the molecule is CC/C=C\C/C=C\C/C=C\C/C=C\C/C=C\C/C=C\CCC(=O)OC(COC(=O)CCCCCCCCC/C=C\C/C=C\CCCCCC)COC1OC(COC2OC(CO)C(O)C(O)C2O)C(O)C(O)C1O. The van der Waals surface area contributed by atoms with Gasteiger partial charge in [0.25, 0.3) is 0 Å². The van der Waals surface area contributed by atoms with E-state index < -0.39 is 99.3 Å². The summed E-state index contributed by atoms with van der Waals surface area (Å²) in [6, 6.07) is 0. The third-order valence-electron chi connectivity index (χ3n) is 12.3. The van der Waals surface area contributed by atoms with E-state index in [2.05, 4.69) is 98.9 Å². The summed E-state index contributed by atoms with van der Waals surface area (Å²) in [5.41, 5.74) is 0. The van der Waals surface area contributed by atoms with Gasteiger partial charge in [-0.15, -0.1) is 0 Å². The summed E-state index contributed by atoms with van der Waals surface area (Å²) in [5, 5.41) is 72.2. The van der Waals surface area contributed by atoms with Crippen molar-refractivity contribution in [1.29, 1.82) is 0 Å². The van der Waals surface area contributed by atoms with E-state index >= 15 is 0 Å². The van der Waals surface area contributed by atoms with Gasteiger partial charge in [-0.05, 0) is 83.5 Å². The molecule has 2 fully saturated rings. The van der Waals surface area contributed by atoms with Gasteiger partial charge in [-0.3, -0.25) is 9.59 Å². The van der Waals surface area contributed by atoms with Crippen molar-refractivity contribution in [3.63, 3.8) is 0 Å². The lowest BCUT2D eigenvalue weighted by Gasteiger charge is -2.42. The molecule has 7 N–H and O–H groups in total. The van der Waals surface area contributed by atoms with E-state index in [0.717, 1.165) is 77.0 Å². The lowest BCUT2D eigenvalue weighted by atomic mass is 9.98. The van der Waals surface area contributed by atoms with Crippen LogP contribution in [-0.2, 0) is 38.0 Å². The highest BCUT2D eigenvalue weighted by molar-refractivity contribution is 5.70. The van der Waals surface area contributed by atoms with E-state index in [-0.39, 0.29) is 19.4 Å². The number of aliphatic hydroxyl groups excluding tert-OH is 7. The van der Waals surface area contributed by atoms with Crippen molar-refractivity contribution in [2.75, 3.05) is 26.4 Å². The molecule has 11 unspecified atom stereocenters. The van der Waals surface area contributed by atoms with Crippen molar-refractivity contribution < 1.29 is 73.8 Å². The number of unbranched alkanes of at least 4 members (excludes halogenated alkanes) is 11. The van der Waals surface area contributed by atoms with Crippen LogP contribution < -0.4 is 0 Å². The molecule has 0 saturated carbocycles. The van der Waals surface area contributed by atoms with Crippen LogP contribution >= 0.6 is 0 Å². The Morgan fingerprint density at radius 3 is 1.41 bits per heavy atom. The summed E-state index contributed by atoms with van der Waals surface area (Å²) in [7, 11) is 0. The molecule has 11 atom stereocenters. The molecule has 2 aliphatic heterocycles. The minimum Gasteiger partial charge on any atom is -0.462 e. The van der Waals surface area contributed by atoms with Gasteiger partial charge < -0.3 is 64.2 Å². The minimum absolute atomic E-state index is 0.0328. The minimum atomic E-state index is -1.79. The van der Waals surface area contributed by atoms with E-state index in [1.807, 2.05) is 12.2 Å². The number of rotatable bonds is 41. The van der Waals surface area contributed by atoms with Gasteiger partial charge in [-0.2, -0.15) is 0 Å². The second kappa shape index (κ2) is 43.6. The smallest absolute Gasteiger partial charge is 0.306 e. The second-order valence-electron chi connectivity index (χ2n) is 18.7. The fourth-order valence-electron chi connectivity index (χ4n) is 7.86. The van der Waals surface area contributed by atoms with Gasteiger partial charge in [0.1, 0.15) is 55.4 Å². The summed E-state index contributed by atoms with van der Waals surface area (Å²) in [6.45, 7) is 2.36. The summed E-state index contributed by atoms with van der Waals surface area (Å²) < 4.78 is 33.5. The van der Waals surface area contributed by atoms with Crippen molar-refractivity contribution in [3.05, 3.63) is 97.2 Å². The van der Waals surface area contributed by atoms with Crippen molar-refractivity contribution in [3.8, 4) is 0 Å². The molecule has 0 aromatic rings. The third kappa shape index (κ3) is 31.2. The summed E-state index contributed by atoms with van der Waals surface area (Å²) >= 11 is 0. The summed E-state index contributed by atoms with van der Waals surface area (Å²) in [4.78, 5) is 25.8. The topological polar surface area (TPSA) is 231 Å². The fraction of sp³-hybridized carbons (Fsp3) is 0.690. The Bertz CT molecular complexity index is 1640. The molecule has 2 aliphatic rings. The third-order valence-corrected chi connectivity index (χ3v) is 12.3. The lowest BCUT2D eigenvalue weighted by molar-refractivity contribution is -0.332. The largest absolute Gasteiger partial charge is 0.462 e. The van der Waals surface area contributed by atoms with Crippen LogP contribution in [0.5, 0.6) is 0 Å². The Balaban J connectivity index is 1.83. The predicted molar refractivity (Wildman–Crippen MR) is 284 cm³/mol. The van der Waals surface area contributed by atoms with Crippen LogP contribution in [0.4, 0.5) is 0 Å². The van der Waals surface area contributed by atoms with Crippen molar-refractivity contribution in [2.45, 2.75) is 229 Å². The average molecular weight is 1030 g/mol. The van der Waals surface area contributed by atoms with Gasteiger partial charge in [0.2, 0.25) is 0 Å². The van der Waals surface area contributed by atoms with Crippen molar-refractivity contribution in [2.24, 2.45) is 0 Å². The summed E-state index contributed by atoms with van der Waals surface area (Å²) in [6.07, 6.45) is 38.7. The van der Waals surface area contributed by atoms with E-state index in [0.29, 0.717) is 19.3 Å². The number of allylic oxidation sites excluding steroid dienone is 16. The Morgan fingerprint density at radius 1 is 0.452 bits per heavy atom. The number of aliphatic hydroxyl groups is 7. The molecule has 0 aromatic carbocycles. The van der Waals surface area contributed by atoms with E-state index in [4.69, 9.17) is 28.4 Å². The molecule has 0 aliphatic carbocycles. The summed E-state index contributed by atoms with van der Waals surface area (Å²) in [5.74, 6) is -1.04. The van der Waals surface area contributed by atoms with Crippen molar-refractivity contribution in [1.82, 2.24) is 0 Å². The molecule has 0 radical (unpaired) electrons. The number of hydrogen-bond donors (Lipinski definition) is 7. The number of esters is 2. The van der Waals surface area contributed by atoms with Gasteiger partial charge in [0.05, 0.1) is 19.8 Å². The molecule has 2 rings (SSSR count). The van der Waals surface area contributed by atoms with Gasteiger partial charge in [0.15, 0.2) is 18.7 Å². The Labute approximate surface area is 437 Å². The van der Waals surface area contributed by atoms with Crippen LogP contribution in [0.15, 0.2) is 97.2 Å². The van der Waals surface area contributed by atoms with Crippen LogP contribution in [0.3, 0.4) is 0 Å². The van der Waals surface area contributed by atoms with E-state index in [1.54, 1.807) is 0 Å².